The van der Waals surface area contributed by atoms with Crippen molar-refractivity contribution in [3.8, 4) is 10.4 Å². The summed E-state index contributed by atoms with van der Waals surface area (Å²) in [6.45, 7) is 10.4. The Kier molecular flexibility index (Phi) is 9.29. The predicted octanol–water partition coefficient (Wildman–Crippen LogP) is 4.38. The molecular formula is C26H36N4O3S2. The zero-order valence-electron chi connectivity index (χ0n) is 21.1. The lowest BCUT2D eigenvalue weighted by Gasteiger charge is -2.15. The predicted molar refractivity (Wildman–Crippen MR) is 146 cm³/mol. The van der Waals surface area contributed by atoms with Crippen LogP contribution in [-0.4, -0.2) is 45.9 Å². The minimum atomic E-state index is -3.35. The van der Waals surface area contributed by atoms with Crippen LogP contribution in [0.15, 0.2) is 54.6 Å². The fourth-order valence-corrected chi connectivity index (χ4v) is 6.40. The van der Waals surface area contributed by atoms with Crippen LogP contribution >= 0.6 is 11.3 Å². The standard InChI is InChI=1S/C26H36N4O3S2/c1-7-19(15-24(28-6)18(4)33-17(2)3)26-29-16-25(34-26)22-10-8-9-21-20(22)11-12-23(21)30-35(31,32)14-13-27-5/h7-10,15-17,23,27-28,30H,4,11-14H2,1-3,5-6H3/b19-7+,24-15+/t23-/m0/s1. The molecule has 35 heavy (non-hydrogen) atoms. The van der Waals surface area contributed by atoms with E-state index in [0.29, 0.717) is 12.3 Å². The van der Waals surface area contributed by atoms with Crippen molar-refractivity contribution >= 4 is 26.9 Å². The number of nitrogens with one attached hydrogen (secondary N) is 3. The quantitative estimate of drug-likeness (QED) is 0.286. The molecule has 1 aromatic heterocycles. The van der Waals surface area contributed by atoms with Gasteiger partial charge in [0.15, 0.2) is 0 Å². The summed E-state index contributed by atoms with van der Waals surface area (Å²) in [5.74, 6) is 0.651. The highest BCUT2D eigenvalue weighted by Crippen LogP contribution is 2.40. The first-order chi connectivity index (χ1) is 16.7. The molecule has 0 radical (unpaired) electrons. The van der Waals surface area contributed by atoms with E-state index in [1.165, 1.54) is 5.56 Å². The third kappa shape index (κ3) is 6.82. The lowest BCUT2D eigenvalue weighted by atomic mass is 10.0. The molecule has 9 heteroatoms. The Labute approximate surface area is 213 Å². The average molecular weight is 517 g/mol. The van der Waals surface area contributed by atoms with Crippen LogP contribution in [0.25, 0.3) is 16.0 Å². The van der Waals surface area contributed by atoms with Gasteiger partial charge in [0.2, 0.25) is 10.0 Å². The number of nitrogens with zero attached hydrogens (tertiary/aromatic N) is 1. The highest BCUT2D eigenvalue weighted by molar-refractivity contribution is 7.89. The number of rotatable bonds is 12. The Balaban J connectivity index is 1.86. The van der Waals surface area contributed by atoms with Crippen molar-refractivity contribution in [3.63, 3.8) is 0 Å². The molecule has 0 unspecified atom stereocenters. The van der Waals surface area contributed by atoms with E-state index in [4.69, 9.17) is 9.72 Å². The van der Waals surface area contributed by atoms with Crippen molar-refractivity contribution in [2.24, 2.45) is 0 Å². The number of fused-ring (bicyclic) bond motifs is 1. The summed E-state index contributed by atoms with van der Waals surface area (Å²) in [5, 5.41) is 6.95. The van der Waals surface area contributed by atoms with Crippen LogP contribution in [0.1, 0.15) is 49.4 Å². The molecule has 1 aliphatic rings. The number of allylic oxidation sites excluding steroid dienone is 3. The van der Waals surface area contributed by atoms with E-state index in [1.807, 2.05) is 58.3 Å². The molecule has 3 N–H and O–H groups in total. The fraction of sp³-hybridized carbons (Fsp3) is 0.423. The minimum Gasteiger partial charge on any atom is -0.489 e. The maximum atomic E-state index is 12.5. The Bertz CT molecular complexity index is 1210. The zero-order valence-corrected chi connectivity index (χ0v) is 22.8. The maximum Gasteiger partial charge on any atom is 0.213 e. The molecule has 2 aromatic rings. The summed E-state index contributed by atoms with van der Waals surface area (Å²) in [7, 11) is 0.249. The number of benzene rings is 1. The molecule has 0 saturated carbocycles. The molecule has 0 amide bonds. The second-order valence-corrected chi connectivity index (χ2v) is 11.6. The summed E-state index contributed by atoms with van der Waals surface area (Å²) in [6, 6.07) is 5.92. The van der Waals surface area contributed by atoms with Gasteiger partial charge in [-0.25, -0.2) is 18.1 Å². The van der Waals surface area contributed by atoms with Gasteiger partial charge in [0, 0.05) is 31.4 Å². The van der Waals surface area contributed by atoms with Gasteiger partial charge >= 0.3 is 0 Å². The van der Waals surface area contributed by atoms with Gasteiger partial charge < -0.3 is 15.4 Å². The molecule has 0 saturated heterocycles. The Morgan fingerprint density at radius 1 is 1.34 bits per heavy atom. The number of likely N-dealkylation sites (N-methyl/N-ethyl adjacent to an activating group) is 1. The first kappa shape index (κ1) is 27.1. The van der Waals surface area contributed by atoms with E-state index >= 15 is 0 Å². The van der Waals surface area contributed by atoms with Crippen LogP contribution in [0.5, 0.6) is 0 Å². The van der Waals surface area contributed by atoms with Crippen molar-refractivity contribution < 1.29 is 13.2 Å². The number of ether oxygens (including phenoxy) is 1. The molecule has 0 fully saturated rings. The molecule has 0 bridgehead atoms. The smallest absolute Gasteiger partial charge is 0.213 e. The Morgan fingerprint density at radius 2 is 2.11 bits per heavy atom. The summed E-state index contributed by atoms with van der Waals surface area (Å²) in [6.07, 6.45) is 7.53. The van der Waals surface area contributed by atoms with Gasteiger partial charge in [0.05, 0.1) is 22.4 Å². The Morgan fingerprint density at radius 3 is 2.77 bits per heavy atom. The normalized spacial score (nSPS) is 16.5. The van der Waals surface area contributed by atoms with E-state index in [2.05, 4.69) is 28.0 Å². The number of sulfonamides is 1. The average Bonchev–Trinajstić information content (AvgIpc) is 3.45. The second-order valence-electron chi connectivity index (χ2n) is 8.68. The van der Waals surface area contributed by atoms with Crippen LogP contribution in [-0.2, 0) is 21.2 Å². The van der Waals surface area contributed by atoms with Crippen LogP contribution in [0.4, 0.5) is 0 Å². The number of aromatic nitrogens is 1. The van der Waals surface area contributed by atoms with E-state index in [1.54, 1.807) is 18.4 Å². The van der Waals surface area contributed by atoms with E-state index in [-0.39, 0.29) is 17.9 Å². The van der Waals surface area contributed by atoms with E-state index < -0.39 is 10.0 Å². The van der Waals surface area contributed by atoms with Gasteiger partial charge in [-0.3, -0.25) is 0 Å². The SMILES string of the molecule is C=C(OC(C)C)/C(=C\C(=C/C)c1ncc(-c2cccc3c2CC[C@@H]3NS(=O)(=O)CCNC)s1)NC. The fourth-order valence-electron chi connectivity index (χ4n) is 4.12. The largest absolute Gasteiger partial charge is 0.489 e. The lowest BCUT2D eigenvalue weighted by Crippen LogP contribution is -2.33. The van der Waals surface area contributed by atoms with Crippen LogP contribution in [0.3, 0.4) is 0 Å². The molecule has 0 aliphatic heterocycles. The van der Waals surface area contributed by atoms with Gasteiger partial charge in [0.1, 0.15) is 10.8 Å². The lowest BCUT2D eigenvalue weighted by molar-refractivity contribution is 0.153. The molecule has 7 nitrogen and oxygen atoms in total. The first-order valence-corrected chi connectivity index (χ1v) is 14.3. The third-order valence-corrected chi connectivity index (χ3v) is 8.25. The highest BCUT2D eigenvalue weighted by Gasteiger charge is 2.28. The van der Waals surface area contributed by atoms with Crippen molar-refractivity contribution in [1.82, 2.24) is 20.3 Å². The van der Waals surface area contributed by atoms with Crippen LogP contribution in [0.2, 0.25) is 0 Å². The van der Waals surface area contributed by atoms with Crippen molar-refractivity contribution in [1.29, 1.82) is 0 Å². The summed E-state index contributed by atoms with van der Waals surface area (Å²) in [4.78, 5) is 5.76. The van der Waals surface area contributed by atoms with Crippen LogP contribution in [0, 0.1) is 0 Å². The third-order valence-electron chi connectivity index (χ3n) is 5.79. The Hall–Kier alpha value is -2.46. The summed E-state index contributed by atoms with van der Waals surface area (Å²) >= 11 is 1.62. The van der Waals surface area contributed by atoms with Gasteiger partial charge in [0.25, 0.3) is 0 Å². The van der Waals surface area contributed by atoms with Crippen molar-refractivity contribution in [2.75, 3.05) is 26.4 Å². The van der Waals surface area contributed by atoms with Crippen molar-refractivity contribution in [2.45, 2.75) is 45.8 Å². The molecule has 1 atom stereocenters. The molecule has 190 valence electrons. The van der Waals surface area contributed by atoms with E-state index in [9.17, 15) is 8.42 Å². The summed E-state index contributed by atoms with van der Waals surface area (Å²) < 4.78 is 33.5. The molecule has 1 heterocycles. The number of thiazole rings is 1. The van der Waals surface area contributed by atoms with E-state index in [0.717, 1.165) is 45.1 Å². The molecular weight excluding hydrogens is 480 g/mol. The summed E-state index contributed by atoms with van der Waals surface area (Å²) in [5.41, 5.74) is 5.14. The molecule has 1 aromatic carbocycles. The zero-order chi connectivity index (χ0) is 25.6. The molecule has 0 spiro atoms. The number of hydrogen-bond donors (Lipinski definition) is 3. The van der Waals surface area contributed by atoms with Gasteiger partial charge in [-0.05, 0) is 63.4 Å². The van der Waals surface area contributed by atoms with Crippen molar-refractivity contribution in [3.05, 3.63) is 70.7 Å². The monoisotopic (exact) mass is 516 g/mol. The maximum absolute atomic E-state index is 12.5. The second kappa shape index (κ2) is 12.0. The van der Waals surface area contributed by atoms with Gasteiger partial charge in [-0.2, -0.15) is 0 Å². The topological polar surface area (TPSA) is 92.3 Å². The highest BCUT2D eigenvalue weighted by atomic mass is 32.2. The first-order valence-electron chi connectivity index (χ1n) is 11.8. The number of hydrogen-bond acceptors (Lipinski definition) is 7. The molecule has 3 rings (SSSR count). The van der Waals surface area contributed by atoms with Gasteiger partial charge in [-0.15, -0.1) is 11.3 Å². The molecule has 1 aliphatic carbocycles. The van der Waals surface area contributed by atoms with Gasteiger partial charge in [-0.1, -0.05) is 30.9 Å². The minimum absolute atomic E-state index is 0.0385. The van der Waals surface area contributed by atoms with Crippen LogP contribution < -0.4 is 15.4 Å².